The zero-order valence-electron chi connectivity index (χ0n) is 10.7. The number of nitrogens with one attached hydrogen (secondary N) is 1. The Kier molecular flexibility index (Phi) is 4.94. The second kappa shape index (κ2) is 5.79. The Morgan fingerprint density at radius 1 is 1.30 bits per heavy atom. The van der Waals surface area contributed by atoms with Crippen LogP contribution < -0.4 is 5.32 Å². The van der Waals surface area contributed by atoms with Crippen molar-refractivity contribution in [3.05, 3.63) is 0 Å². The van der Waals surface area contributed by atoms with Gasteiger partial charge in [0.2, 0.25) is 0 Å². The van der Waals surface area contributed by atoms with Gasteiger partial charge in [-0.1, -0.05) is 6.42 Å². The molecule has 9 heteroatoms. The summed E-state index contributed by atoms with van der Waals surface area (Å²) in [7, 11) is 0.941. The van der Waals surface area contributed by atoms with Gasteiger partial charge in [-0.15, -0.1) is 0 Å². The van der Waals surface area contributed by atoms with E-state index in [9.17, 15) is 31.1 Å². The lowest BCUT2D eigenvalue weighted by atomic mass is 9.75. The van der Waals surface area contributed by atoms with Crippen molar-refractivity contribution in [1.29, 1.82) is 0 Å². The topological polar surface area (TPSA) is 38.3 Å². The first-order chi connectivity index (χ1) is 9.00. The summed E-state index contributed by atoms with van der Waals surface area (Å²) in [4.78, 5) is 11.7. The molecule has 0 amide bonds. The molecule has 1 saturated carbocycles. The summed E-state index contributed by atoms with van der Waals surface area (Å²) >= 11 is 0. The van der Waals surface area contributed by atoms with Crippen LogP contribution in [-0.4, -0.2) is 37.5 Å². The molecular formula is C11H15F6NO2. The summed E-state index contributed by atoms with van der Waals surface area (Å²) in [5, 5.41) is 1.93. The largest absolute Gasteiger partial charge is 0.468 e. The second-order valence-electron chi connectivity index (χ2n) is 4.88. The third-order valence-corrected chi connectivity index (χ3v) is 3.42. The van der Waals surface area contributed by atoms with E-state index in [4.69, 9.17) is 0 Å². The van der Waals surface area contributed by atoms with Gasteiger partial charge in [0.05, 0.1) is 19.6 Å². The summed E-state index contributed by atoms with van der Waals surface area (Å²) in [6, 6.07) is 0. The molecule has 1 N–H and O–H groups in total. The molecule has 0 aliphatic heterocycles. The monoisotopic (exact) mass is 307 g/mol. The van der Waals surface area contributed by atoms with Crippen LogP contribution in [0.1, 0.15) is 25.7 Å². The number of carbonyl (C=O) groups is 1. The van der Waals surface area contributed by atoms with E-state index in [1.165, 1.54) is 0 Å². The minimum Gasteiger partial charge on any atom is -0.468 e. The fraction of sp³-hybridized carbons (Fsp3) is 0.909. The van der Waals surface area contributed by atoms with Crippen molar-refractivity contribution in [1.82, 2.24) is 5.32 Å². The van der Waals surface area contributed by atoms with E-state index in [1.807, 2.05) is 5.32 Å². The van der Waals surface area contributed by atoms with Crippen LogP contribution in [0, 0.1) is 5.92 Å². The lowest BCUT2D eigenvalue weighted by Gasteiger charge is -2.40. The molecule has 0 heterocycles. The fourth-order valence-corrected chi connectivity index (χ4v) is 2.44. The summed E-state index contributed by atoms with van der Waals surface area (Å²) in [5.74, 6) is -2.90. The van der Waals surface area contributed by atoms with Gasteiger partial charge in [-0.2, -0.15) is 26.3 Å². The Balaban J connectivity index is 2.91. The van der Waals surface area contributed by atoms with Crippen molar-refractivity contribution in [3.8, 4) is 0 Å². The minimum atomic E-state index is -4.62. The number of methoxy groups -OCH3 is 1. The number of ether oxygens (including phenoxy) is 1. The van der Waals surface area contributed by atoms with E-state index < -0.39 is 42.7 Å². The lowest BCUT2D eigenvalue weighted by Crippen LogP contribution is -2.58. The van der Waals surface area contributed by atoms with Crippen LogP contribution in [-0.2, 0) is 9.53 Å². The van der Waals surface area contributed by atoms with Crippen LogP contribution >= 0.6 is 0 Å². The molecule has 3 nitrogen and oxygen atoms in total. The average molecular weight is 307 g/mol. The predicted molar refractivity (Wildman–Crippen MR) is 56.8 cm³/mol. The van der Waals surface area contributed by atoms with Gasteiger partial charge in [-0.05, 0) is 19.3 Å². The highest BCUT2D eigenvalue weighted by molar-refractivity contribution is 5.81. The molecule has 2 unspecified atom stereocenters. The Morgan fingerprint density at radius 3 is 2.35 bits per heavy atom. The highest BCUT2D eigenvalue weighted by Gasteiger charge is 2.52. The fourth-order valence-electron chi connectivity index (χ4n) is 2.44. The quantitative estimate of drug-likeness (QED) is 0.643. The Labute approximate surface area is 111 Å². The predicted octanol–water partition coefficient (Wildman–Crippen LogP) is 2.80. The molecule has 20 heavy (non-hydrogen) atoms. The standard InChI is InChI=1S/C11H15F6NO2/c1-20-8(19)9(18-6-10(12,13)14)4-2-3-7(5-9)11(15,16)17/h7,18H,2-6H2,1H3. The van der Waals surface area contributed by atoms with Crippen LogP contribution in [0.2, 0.25) is 0 Å². The van der Waals surface area contributed by atoms with Gasteiger partial charge >= 0.3 is 18.3 Å². The maximum absolute atomic E-state index is 12.7. The third-order valence-electron chi connectivity index (χ3n) is 3.42. The molecule has 1 fully saturated rings. The molecule has 0 radical (unpaired) electrons. The highest BCUT2D eigenvalue weighted by Crippen LogP contribution is 2.42. The number of rotatable bonds is 3. The van der Waals surface area contributed by atoms with E-state index in [2.05, 4.69) is 4.74 Å². The van der Waals surface area contributed by atoms with Gasteiger partial charge in [0.15, 0.2) is 0 Å². The van der Waals surface area contributed by atoms with Crippen molar-refractivity contribution >= 4 is 5.97 Å². The molecule has 0 aromatic heterocycles. The number of esters is 1. The van der Waals surface area contributed by atoms with Gasteiger partial charge in [-0.25, -0.2) is 0 Å². The maximum atomic E-state index is 12.7. The van der Waals surface area contributed by atoms with E-state index in [1.54, 1.807) is 0 Å². The Morgan fingerprint density at radius 2 is 1.90 bits per heavy atom. The van der Waals surface area contributed by atoms with E-state index in [0.29, 0.717) is 0 Å². The third kappa shape index (κ3) is 4.26. The highest BCUT2D eigenvalue weighted by atomic mass is 19.4. The van der Waals surface area contributed by atoms with Gasteiger partial charge in [0.1, 0.15) is 5.54 Å². The zero-order valence-corrected chi connectivity index (χ0v) is 10.7. The molecule has 1 rings (SSSR count). The molecule has 1 aliphatic carbocycles. The van der Waals surface area contributed by atoms with E-state index >= 15 is 0 Å². The van der Waals surface area contributed by atoms with Crippen LogP contribution in [0.4, 0.5) is 26.3 Å². The molecule has 0 saturated heterocycles. The summed E-state index contributed by atoms with van der Waals surface area (Å²) in [6.07, 6.45) is -10.2. The lowest BCUT2D eigenvalue weighted by molar-refractivity contribution is -0.194. The van der Waals surface area contributed by atoms with Gasteiger partial charge < -0.3 is 4.74 Å². The van der Waals surface area contributed by atoms with Gasteiger partial charge in [0.25, 0.3) is 0 Å². The first-order valence-electron chi connectivity index (χ1n) is 5.97. The first kappa shape index (κ1) is 17.1. The Bertz CT molecular complexity index is 354. The molecule has 0 aromatic carbocycles. The maximum Gasteiger partial charge on any atom is 0.401 e. The summed E-state index contributed by atoms with van der Waals surface area (Å²) in [6.45, 7) is -1.54. The van der Waals surface area contributed by atoms with Crippen molar-refractivity contribution in [2.24, 2.45) is 5.92 Å². The number of hydrogen-bond donors (Lipinski definition) is 1. The number of alkyl halides is 6. The first-order valence-corrected chi connectivity index (χ1v) is 5.97. The Hall–Kier alpha value is -0.990. The van der Waals surface area contributed by atoms with Crippen molar-refractivity contribution < 1.29 is 35.9 Å². The molecule has 0 spiro atoms. The van der Waals surface area contributed by atoms with Gasteiger partial charge in [-0.3, -0.25) is 10.1 Å². The molecule has 0 bridgehead atoms. The van der Waals surface area contributed by atoms with Crippen molar-refractivity contribution in [3.63, 3.8) is 0 Å². The van der Waals surface area contributed by atoms with E-state index in [-0.39, 0.29) is 19.3 Å². The smallest absolute Gasteiger partial charge is 0.401 e. The molecule has 118 valence electrons. The van der Waals surface area contributed by atoms with Crippen LogP contribution in [0.5, 0.6) is 0 Å². The summed E-state index contributed by atoms with van der Waals surface area (Å²) in [5.41, 5.74) is -1.93. The van der Waals surface area contributed by atoms with Crippen LogP contribution in [0.15, 0.2) is 0 Å². The molecule has 0 aromatic rings. The SMILES string of the molecule is COC(=O)C1(NCC(F)(F)F)CCCC(C(F)(F)F)C1. The molecule has 2 atom stereocenters. The van der Waals surface area contributed by atoms with Crippen LogP contribution in [0.25, 0.3) is 0 Å². The normalized spacial score (nSPS) is 28.2. The summed E-state index contributed by atoms with van der Waals surface area (Å²) < 4.78 is 79.3. The zero-order chi connectivity index (χ0) is 15.6. The van der Waals surface area contributed by atoms with E-state index in [0.717, 1.165) is 7.11 Å². The molecular weight excluding hydrogens is 292 g/mol. The average Bonchev–Trinajstić information content (AvgIpc) is 2.34. The minimum absolute atomic E-state index is 0.00410. The molecule has 1 aliphatic rings. The number of hydrogen-bond acceptors (Lipinski definition) is 3. The van der Waals surface area contributed by atoms with Crippen molar-refractivity contribution in [2.45, 2.75) is 43.6 Å². The number of halogens is 6. The van der Waals surface area contributed by atoms with Crippen molar-refractivity contribution in [2.75, 3.05) is 13.7 Å². The van der Waals surface area contributed by atoms with Crippen LogP contribution in [0.3, 0.4) is 0 Å². The number of carbonyl (C=O) groups excluding carboxylic acids is 1. The second-order valence-corrected chi connectivity index (χ2v) is 4.88. The van der Waals surface area contributed by atoms with Gasteiger partial charge in [0, 0.05) is 0 Å².